The summed E-state index contributed by atoms with van der Waals surface area (Å²) < 4.78 is 11.2. The number of morpholine rings is 1. The lowest BCUT2D eigenvalue weighted by Crippen LogP contribution is -2.39. The third-order valence-electron chi connectivity index (χ3n) is 4.66. The molecule has 29 heavy (non-hydrogen) atoms. The third-order valence-corrected chi connectivity index (χ3v) is 4.66. The van der Waals surface area contributed by atoms with Crippen LogP contribution in [-0.2, 0) is 17.9 Å². The molecule has 0 aliphatic carbocycles. The average molecular weight is 510 g/mol. The number of nitrogens with zero attached hydrogens (tertiary/aromatic N) is 2. The average Bonchev–Trinajstić information content (AvgIpc) is 2.76. The Kier molecular flexibility index (Phi) is 10.8. The van der Waals surface area contributed by atoms with E-state index in [1.165, 1.54) is 0 Å². The SMILES string of the molecule is I.NC(=NCc1ccc(OCc2ccccc2)cc1)NCCCN1CCOCC1. The molecule has 0 unspecified atom stereocenters. The Morgan fingerprint density at radius 3 is 2.48 bits per heavy atom. The van der Waals surface area contributed by atoms with Gasteiger partial charge in [-0.3, -0.25) is 4.90 Å². The van der Waals surface area contributed by atoms with Crippen molar-refractivity contribution >= 4 is 29.9 Å². The van der Waals surface area contributed by atoms with Crippen molar-refractivity contribution in [1.29, 1.82) is 0 Å². The smallest absolute Gasteiger partial charge is 0.188 e. The lowest BCUT2D eigenvalue weighted by molar-refractivity contribution is 0.0376. The predicted octanol–water partition coefficient (Wildman–Crippen LogP) is 3.01. The van der Waals surface area contributed by atoms with Gasteiger partial charge in [0, 0.05) is 19.6 Å². The van der Waals surface area contributed by atoms with E-state index in [1.54, 1.807) is 0 Å². The van der Waals surface area contributed by atoms with Gasteiger partial charge in [0.05, 0.1) is 19.8 Å². The molecule has 0 atom stereocenters. The second-order valence-corrected chi connectivity index (χ2v) is 6.85. The normalized spacial score (nSPS) is 14.8. The summed E-state index contributed by atoms with van der Waals surface area (Å²) in [6.45, 7) is 6.75. The van der Waals surface area contributed by atoms with Crippen LogP contribution in [0.1, 0.15) is 17.5 Å². The highest BCUT2D eigenvalue weighted by Crippen LogP contribution is 2.14. The molecule has 0 aromatic heterocycles. The van der Waals surface area contributed by atoms with Crippen LogP contribution in [0.2, 0.25) is 0 Å². The molecule has 1 heterocycles. The minimum absolute atomic E-state index is 0. The van der Waals surface area contributed by atoms with Gasteiger partial charge in [0.2, 0.25) is 0 Å². The van der Waals surface area contributed by atoms with E-state index in [9.17, 15) is 0 Å². The van der Waals surface area contributed by atoms with Crippen LogP contribution in [0.5, 0.6) is 5.75 Å². The summed E-state index contributed by atoms with van der Waals surface area (Å²) >= 11 is 0. The van der Waals surface area contributed by atoms with Crippen molar-refractivity contribution in [3.05, 3.63) is 65.7 Å². The molecule has 0 spiro atoms. The first-order valence-electron chi connectivity index (χ1n) is 9.89. The van der Waals surface area contributed by atoms with Crippen molar-refractivity contribution in [3.8, 4) is 5.75 Å². The molecular weight excluding hydrogens is 479 g/mol. The van der Waals surface area contributed by atoms with Gasteiger partial charge in [0.1, 0.15) is 12.4 Å². The van der Waals surface area contributed by atoms with Crippen LogP contribution < -0.4 is 15.8 Å². The van der Waals surface area contributed by atoms with Gasteiger partial charge < -0.3 is 20.5 Å². The van der Waals surface area contributed by atoms with Gasteiger partial charge in [-0.2, -0.15) is 0 Å². The van der Waals surface area contributed by atoms with Crippen LogP contribution in [0.25, 0.3) is 0 Å². The molecule has 0 saturated carbocycles. The van der Waals surface area contributed by atoms with Gasteiger partial charge in [-0.15, -0.1) is 24.0 Å². The number of nitrogens with one attached hydrogen (secondary N) is 1. The highest BCUT2D eigenvalue weighted by molar-refractivity contribution is 14.0. The molecule has 2 aromatic rings. The summed E-state index contributed by atoms with van der Waals surface area (Å²) in [5.74, 6) is 1.34. The van der Waals surface area contributed by atoms with Crippen molar-refractivity contribution in [3.63, 3.8) is 0 Å². The van der Waals surface area contributed by atoms with Gasteiger partial charge in [0.25, 0.3) is 0 Å². The summed E-state index contributed by atoms with van der Waals surface area (Å²) in [7, 11) is 0. The lowest BCUT2D eigenvalue weighted by Gasteiger charge is -2.26. The second-order valence-electron chi connectivity index (χ2n) is 6.85. The first-order valence-corrected chi connectivity index (χ1v) is 9.89. The zero-order chi connectivity index (χ0) is 19.4. The molecule has 7 heteroatoms. The minimum atomic E-state index is 0. The molecule has 158 valence electrons. The molecule has 0 bridgehead atoms. The van der Waals surface area contributed by atoms with Gasteiger partial charge in [0.15, 0.2) is 5.96 Å². The van der Waals surface area contributed by atoms with Crippen molar-refractivity contribution in [1.82, 2.24) is 10.2 Å². The summed E-state index contributed by atoms with van der Waals surface area (Å²) in [5, 5.41) is 3.19. The van der Waals surface area contributed by atoms with Crippen LogP contribution in [0.3, 0.4) is 0 Å². The number of halogens is 1. The highest BCUT2D eigenvalue weighted by Gasteiger charge is 2.08. The maximum Gasteiger partial charge on any atom is 0.188 e. The fourth-order valence-electron chi connectivity index (χ4n) is 3.01. The van der Waals surface area contributed by atoms with Crippen molar-refractivity contribution in [2.45, 2.75) is 19.6 Å². The van der Waals surface area contributed by atoms with Gasteiger partial charge >= 0.3 is 0 Å². The minimum Gasteiger partial charge on any atom is -0.489 e. The summed E-state index contributed by atoms with van der Waals surface area (Å²) in [6.07, 6.45) is 1.05. The largest absolute Gasteiger partial charge is 0.489 e. The standard InChI is InChI=1S/C22H30N4O2.HI/c23-22(24-11-4-12-26-13-15-27-16-14-26)25-17-19-7-9-21(10-8-19)28-18-20-5-2-1-3-6-20;/h1-3,5-10H,4,11-18H2,(H3,23,24,25);1H. The van der Waals surface area contributed by atoms with E-state index >= 15 is 0 Å². The van der Waals surface area contributed by atoms with Crippen molar-refractivity contribution < 1.29 is 9.47 Å². The molecule has 0 amide bonds. The molecule has 0 radical (unpaired) electrons. The Bertz CT molecular complexity index is 719. The summed E-state index contributed by atoms with van der Waals surface area (Å²) in [6, 6.07) is 18.1. The number of nitrogens with two attached hydrogens (primary N) is 1. The van der Waals surface area contributed by atoms with E-state index in [2.05, 4.69) is 27.3 Å². The number of benzene rings is 2. The van der Waals surface area contributed by atoms with Gasteiger partial charge in [-0.05, 0) is 36.2 Å². The number of rotatable bonds is 9. The molecule has 1 aliphatic heterocycles. The van der Waals surface area contributed by atoms with E-state index in [4.69, 9.17) is 15.2 Å². The topological polar surface area (TPSA) is 72.1 Å². The summed E-state index contributed by atoms with van der Waals surface area (Å²) in [4.78, 5) is 6.83. The first kappa shape index (κ1) is 23.4. The number of guanidine groups is 1. The summed E-state index contributed by atoms with van der Waals surface area (Å²) in [5.41, 5.74) is 8.22. The Hall–Kier alpha value is -1.84. The molecule has 6 nitrogen and oxygen atoms in total. The van der Waals surface area contributed by atoms with Crippen LogP contribution in [0.4, 0.5) is 0 Å². The molecule has 3 N–H and O–H groups in total. The van der Waals surface area contributed by atoms with E-state index in [0.717, 1.165) is 62.7 Å². The maximum absolute atomic E-state index is 5.96. The van der Waals surface area contributed by atoms with E-state index in [1.807, 2.05) is 42.5 Å². The molecule has 1 saturated heterocycles. The van der Waals surface area contributed by atoms with E-state index in [0.29, 0.717) is 19.1 Å². The third kappa shape index (κ3) is 9.01. The number of aliphatic imine (C=N–C) groups is 1. The predicted molar refractivity (Wildman–Crippen MR) is 128 cm³/mol. The van der Waals surface area contributed by atoms with Gasteiger partial charge in [-0.1, -0.05) is 42.5 Å². The van der Waals surface area contributed by atoms with Gasteiger partial charge in [-0.25, -0.2) is 4.99 Å². The fourth-order valence-corrected chi connectivity index (χ4v) is 3.01. The zero-order valence-corrected chi connectivity index (χ0v) is 19.1. The molecule has 1 fully saturated rings. The Morgan fingerprint density at radius 1 is 1.03 bits per heavy atom. The maximum atomic E-state index is 5.96. The highest BCUT2D eigenvalue weighted by atomic mass is 127. The van der Waals surface area contributed by atoms with Crippen LogP contribution in [0, 0.1) is 0 Å². The molecular formula is C22H31IN4O2. The number of hydrogen-bond acceptors (Lipinski definition) is 4. The molecule has 3 rings (SSSR count). The molecule has 2 aromatic carbocycles. The first-order chi connectivity index (χ1) is 13.8. The monoisotopic (exact) mass is 510 g/mol. The molecule has 1 aliphatic rings. The Labute approximate surface area is 190 Å². The lowest BCUT2D eigenvalue weighted by atomic mass is 10.2. The van der Waals surface area contributed by atoms with Crippen LogP contribution >= 0.6 is 24.0 Å². The zero-order valence-electron chi connectivity index (χ0n) is 16.8. The van der Waals surface area contributed by atoms with Crippen molar-refractivity contribution in [2.75, 3.05) is 39.4 Å². The number of ether oxygens (including phenoxy) is 2. The van der Waals surface area contributed by atoms with Crippen LogP contribution in [-0.4, -0.2) is 50.3 Å². The second kappa shape index (κ2) is 13.4. The fraction of sp³-hybridized carbons (Fsp3) is 0.409. The van der Waals surface area contributed by atoms with Crippen LogP contribution in [0.15, 0.2) is 59.6 Å². The quantitative estimate of drug-likeness (QED) is 0.235. The Balaban J connectivity index is 0.00000300. The Morgan fingerprint density at radius 2 is 1.76 bits per heavy atom. The van der Waals surface area contributed by atoms with E-state index in [-0.39, 0.29) is 24.0 Å². The number of hydrogen-bond donors (Lipinski definition) is 2. The van der Waals surface area contributed by atoms with Crippen molar-refractivity contribution in [2.24, 2.45) is 10.7 Å². The van der Waals surface area contributed by atoms with E-state index < -0.39 is 0 Å².